The van der Waals surface area contributed by atoms with Crippen molar-refractivity contribution in [3.63, 3.8) is 0 Å². The fourth-order valence-electron chi connectivity index (χ4n) is 4.44. The number of hydrogen-bond donors (Lipinski definition) is 2. The number of aromatic nitrogens is 5. The van der Waals surface area contributed by atoms with Gasteiger partial charge in [-0.15, -0.1) is 0 Å². The molecule has 0 aliphatic heterocycles. The molecule has 38 heavy (non-hydrogen) atoms. The zero-order valence-electron chi connectivity index (χ0n) is 20.3. The minimum absolute atomic E-state index is 0.184. The zero-order chi connectivity index (χ0) is 26.9. The van der Waals surface area contributed by atoms with Crippen LogP contribution in [-0.4, -0.2) is 55.3 Å². The Balaban J connectivity index is 1.42. The molecule has 198 valence electrons. The maximum atomic E-state index is 13.5. The minimum atomic E-state index is -2.68. The molecule has 0 unspecified atom stereocenters. The molecule has 4 aromatic rings. The number of nitrogens with zero attached hydrogens (tertiary/aromatic N) is 5. The Bertz CT molecular complexity index is 1490. The number of ether oxygens (including phenoxy) is 1. The van der Waals surface area contributed by atoms with E-state index >= 15 is 0 Å². The van der Waals surface area contributed by atoms with Gasteiger partial charge in [-0.1, -0.05) is 11.6 Å². The molecule has 1 aliphatic carbocycles. The van der Waals surface area contributed by atoms with Crippen molar-refractivity contribution >= 4 is 34.7 Å². The van der Waals surface area contributed by atoms with Crippen molar-refractivity contribution in [1.82, 2.24) is 29.7 Å². The maximum absolute atomic E-state index is 13.5. The highest BCUT2D eigenvalue weighted by atomic mass is 35.5. The predicted molar refractivity (Wildman–Crippen MR) is 136 cm³/mol. The van der Waals surface area contributed by atoms with E-state index in [0.717, 1.165) is 0 Å². The van der Waals surface area contributed by atoms with Crippen molar-refractivity contribution in [3.8, 4) is 17.0 Å². The highest BCUT2D eigenvalue weighted by Crippen LogP contribution is 2.36. The van der Waals surface area contributed by atoms with Gasteiger partial charge in [-0.3, -0.25) is 14.3 Å². The Morgan fingerprint density at radius 1 is 1.26 bits per heavy atom. The van der Waals surface area contributed by atoms with E-state index in [9.17, 15) is 18.4 Å². The van der Waals surface area contributed by atoms with E-state index in [0.29, 0.717) is 33.4 Å². The first-order valence-corrected chi connectivity index (χ1v) is 12.3. The average molecular weight is 544 g/mol. The molecule has 1 fully saturated rings. The molecule has 0 bridgehead atoms. The van der Waals surface area contributed by atoms with Crippen LogP contribution >= 0.6 is 11.6 Å². The highest BCUT2D eigenvalue weighted by molar-refractivity contribution is 6.31. The number of anilines is 1. The molecule has 13 heteroatoms. The molecule has 1 aromatic carbocycles. The second kappa shape index (κ2) is 10.4. The first-order valence-electron chi connectivity index (χ1n) is 11.9. The molecule has 1 aliphatic rings. The van der Waals surface area contributed by atoms with E-state index in [4.69, 9.17) is 16.3 Å². The van der Waals surface area contributed by atoms with Gasteiger partial charge in [0.25, 0.3) is 5.91 Å². The summed E-state index contributed by atoms with van der Waals surface area (Å²) in [4.78, 5) is 30.1. The summed E-state index contributed by atoms with van der Waals surface area (Å²) in [6.07, 6.45) is 6.05. The first kappa shape index (κ1) is 25.6. The van der Waals surface area contributed by atoms with Gasteiger partial charge in [-0.05, 0) is 37.1 Å². The zero-order valence-corrected chi connectivity index (χ0v) is 21.1. The van der Waals surface area contributed by atoms with Gasteiger partial charge in [-0.2, -0.15) is 10.2 Å². The predicted octanol–water partition coefficient (Wildman–Crippen LogP) is 4.20. The largest absolute Gasteiger partial charge is 0.496 e. The smallest absolute Gasteiger partial charge is 0.261 e. The van der Waals surface area contributed by atoms with Gasteiger partial charge in [0.05, 0.1) is 19.0 Å². The molecular formula is C25H24ClF2N7O3. The second-order valence-corrected chi connectivity index (χ2v) is 9.47. The van der Waals surface area contributed by atoms with Gasteiger partial charge in [0.15, 0.2) is 5.65 Å². The fraction of sp³-hybridized carbons (Fsp3) is 0.320. The van der Waals surface area contributed by atoms with E-state index in [1.165, 1.54) is 28.7 Å². The number of benzene rings is 1. The maximum Gasteiger partial charge on any atom is 0.261 e. The van der Waals surface area contributed by atoms with Crippen molar-refractivity contribution in [3.05, 3.63) is 59.6 Å². The summed E-state index contributed by atoms with van der Waals surface area (Å²) < 4.78 is 35.2. The van der Waals surface area contributed by atoms with Crippen molar-refractivity contribution in [2.75, 3.05) is 12.4 Å². The Kier molecular flexibility index (Phi) is 6.98. The van der Waals surface area contributed by atoms with Crippen LogP contribution in [0.15, 0.2) is 49.1 Å². The summed E-state index contributed by atoms with van der Waals surface area (Å²) in [6, 6.07) is 6.34. The number of halogens is 3. The molecule has 3 heterocycles. The number of amides is 2. The highest BCUT2D eigenvalue weighted by Gasteiger charge is 2.35. The molecule has 0 spiro atoms. The number of carbonyl (C=O) groups excluding carboxylic acids is 2. The van der Waals surface area contributed by atoms with Gasteiger partial charge in [0.2, 0.25) is 11.8 Å². The van der Waals surface area contributed by atoms with Crippen molar-refractivity contribution in [2.45, 2.75) is 44.2 Å². The number of fused-ring (bicyclic) bond motifs is 1. The number of hydrogen-bond acceptors (Lipinski definition) is 6. The summed E-state index contributed by atoms with van der Waals surface area (Å²) >= 11 is 6.23. The van der Waals surface area contributed by atoms with Gasteiger partial charge >= 0.3 is 0 Å². The Labute approximate surface area is 220 Å². The summed E-state index contributed by atoms with van der Waals surface area (Å²) in [7, 11) is 1.49. The third kappa shape index (κ3) is 5.44. The molecular weight excluding hydrogens is 520 g/mol. The van der Waals surface area contributed by atoms with Gasteiger partial charge in [0.1, 0.15) is 23.6 Å². The van der Waals surface area contributed by atoms with Crippen molar-refractivity contribution < 1.29 is 23.1 Å². The molecule has 0 radical (unpaired) electrons. The monoisotopic (exact) mass is 543 g/mol. The second-order valence-electron chi connectivity index (χ2n) is 9.03. The molecule has 1 saturated carbocycles. The van der Waals surface area contributed by atoms with Gasteiger partial charge in [-0.25, -0.2) is 18.3 Å². The number of carbonyl (C=O) groups is 2. The van der Waals surface area contributed by atoms with Crippen LogP contribution in [0.4, 0.5) is 14.5 Å². The molecule has 2 amide bonds. The Morgan fingerprint density at radius 2 is 2.05 bits per heavy atom. The lowest BCUT2D eigenvalue weighted by molar-refractivity contribution is -0.123. The lowest BCUT2D eigenvalue weighted by Crippen LogP contribution is -2.41. The number of methoxy groups -OCH3 is 1. The van der Waals surface area contributed by atoms with Crippen LogP contribution < -0.4 is 15.4 Å². The molecule has 0 atom stereocenters. The summed E-state index contributed by atoms with van der Waals surface area (Å²) in [5, 5.41) is 14.7. The Hall–Kier alpha value is -4.06. The van der Waals surface area contributed by atoms with Crippen LogP contribution in [0.3, 0.4) is 0 Å². The topological polar surface area (TPSA) is 115 Å². The molecule has 3 aromatic heterocycles. The van der Waals surface area contributed by atoms with E-state index < -0.39 is 11.8 Å². The number of rotatable bonds is 7. The normalized spacial score (nSPS) is 15.4. The third-order valence-corrected chi connectivity index (χ3v) is 6.57. The SMILES string of the molecule is COc1ccc(Cl)cc1-c1nn(CC(=O)NC2CCC(F)(F)CC2)cc1NC(=O)c1cnn2cccnc12. The standard InChI is InChI=1S/C25H24ClF2N7O3/c1-38-20-4-3-15(26)11-17(20)22-19(32-24(37)18-12-30-35-10-2-9-29-23(18)35)13-34(33-22)14-21(36)31-16-5-7-25(27,28)8-6-16/h2-4,9-13,16H,5-8,14H2,1H3,(H,31,36)(H,32,37). The quantitative estimate of drug-likeness (QED) is 0.361. The van der Waals surface area contributed by atoms with Gasteiger partial charge < -0.3 is 15.4 Å². The summed E-state index contributed by atoms with van der Waals surface area (Å²) in [6.45, 7) is -0.184. The van der Waals surface area contributed by atoms with Crippen LogP contribution in [0, 0.1) is 0 Å². The third-order valence-electron chi connectivity index (χ3n) is 6.34. The van der Waals surface area contributed by atoms with E-state index in [-0.39, 0.29) is 49.7 Å². The Morgan fingerprint density at radius 3 is 2.82 bits per heavy atom. The van der Waals surface area contributed by atoms with Crippen molar-refractivity contribution in [1.29, 1.82) is 0 Å². The van der Waals surface area contributed by atoms with Gasteiger partial charge in [0, 0.05) is 48.1 Å². The lowest BCUT2D eigenvalue weighted by atomic mass is 9.92. The van der Waals surface area contributed by atoms with Crippen LogP contribution in [0.5, 0.6) is 5.75 Å². The lowest BCUT2D eigenvalue weighted by Gasteiger charge is -2.28. The summed E-state index contributed by atoms with van der Waals surface area (Å²) in [5.41, 5.74) is 1.75. The van der Waals surface area contributed by atoms with Crippen LogP contribution in [-0.2, 0) is 11.3 Å². The minimum Gasteiger partial charge on any atom is -0.496 e. The molecule has 5 rings (SSSR count). The van der Waals surface area contributed by atoms with Crippen LogP contribution in [0.25, 0.3) is 16.9 Å². The first-order chi connectivity index (χ1) is 18.2. The molecule has 0 saturated heterocycles. The molecule has 10 nitrogen and oxygen atoms in total. The van der Waals surface area contributed by atoms with Crippen molar-refractivity contribution in [2.24, 2.45) is 0 Å². The number of alkyl halides is 2. The fourth-order valence-corrected chi connectivity index (χ4v) is 4.61. The van der Waals surface area contributed by atoms with E-state index in [2.05, 4.69) is 25.8 Å². The number of nitrogens with one attached hydrogen (secondary N) is 2. The van der Waals surface area contributed by atoms with Crippen LogP contribution in [0.1, 0.15) is 36.0 Å². The molecule has 2 N–H and O–H groups in total. The van der Waals surface area contributed by atoms with Crippen LogP contribution in [0.2, 0.25) is 5.02 Å². The summed E-state index contributed by atoms with van der Waals surface area (Å²) in [5.74, 6) is -3.08. The average Bonchev–Trinajstić information content (AvgIpc) is 3.49. The van der Waals surface area contributed by atoms with E-state index in [1.807, 2.05) is 0 Å². The van der Waals surface area contributed by atoms with E-state index in [1.54, 1.807) is 36.7 Å².